The van der Waals surface area contributed by atoms with Crippen molar-refractivity contribution < 1.29 is 14.3 Å². The lowest BCUT2D eigenvalue weighted by Gasteiger charge is -2.20. The van der Waals surface area contributed by atoms with Crippen LogP contribution in [0.1, 0.15) is 22.5 Å². The van der Waals surface area contributed by atoms with Crippen molar-refractivity contribution in [3.63, 3.8) is 0 Å². The Kier molecular flexibility index (Phi) is 6.24. The molecule has 0 unspecified atom stereocenters. The first-order valence-electron chi connectivity index (χ1n) is 11.4. The summed E-state index contributed by atoms with van der Waals surface area (Å²) in [4.78, 5) is 17.1. The Morgan fingerprint density at radius 3 is 2.56 bits per heavy atom. The number of aliphatic imine (C=N–C) groups is 1. The Hall–Kier alpha value is -4.11. The summed E-state index contributed by atoms with van der Waals surface area (Å²) in [6.07, 6.45) is 1.72. The van der Waals surface area contributed by atoms with Crippen molar-refractivity contribution in [2.24, 2.45) is 10.1 Å². The van der Waals surface area contributed by atoms with Crippen molar-refractivity contribution in [2.75, 3.05) is 13.7 Å². The van der Waals surface area contributed by atoms with E-state index in [9.17, 15) is 4.79 Å². The summed E-state index contributed by atoms with van der Waals surface area (Å²) in [7, 11) is 1.64. The molecule has 36 heavy (non-hydrogen) atoms. The number of hydrogen-bond acceptors (Lipinski definition) is 6. The normalized spacial score (nSPS) is 16.2. The van der Waals surface area contributed by atoms with E-state index in [2.05, 4.69) is 14.7 Å². The molecule has 5 rings (SSSR count). The van der Waals surface area contributed by atoms with Gasteiger partial charge in [0.15, 0.2) is 5.84 Å². The second-order valence-corrected chi connectivity index (χ2v) is 9.52. The largest absolute Gasteiger partial charge is 0.497 e. The van der Waals surface area contributed by atoms with Gasteiger partial charge in [0.1, 0.15) is 23.1 Å². The summed E-state index contributed by atoms with van der Waals surface area (Å²) < 4.78 is 13.2. The molecule has 1 N–H and O–H groups in total. The highest BCUT2D eigenvalue weighted by atomic mass is 32.2. The average Bonchev–Trinajstić information content (AvgIpc) is 3.40. The number of nitrogens with one attached hydrogen (secondary N) is 1. The lowest BCUT2D eigenvalue weighted by Crippen LogP contribution is -2.35. The summed E-state index contributed by atoms with van der Waals surface area (Å²) in [5.74, 6) is 1.07. The number of thioether (sulfide) groups is 1. The van der Waals surface area contributed by atoms with Crippen LogP contribution in [0.2, 0.25) is 0 Å². The van der Waals surface area contributed by atoms with Crippen molar-refractivity contribution in [1.29, 1.82) is 5.41 Å². The molecule has 0 saturated heterocycles. The molecule has 9 heteroatoms. The first-order valence-corrected chi connectivity index (χ1v) is 12.2. The van der Waals surface area contributed by atoms with E-state index in [4.69, 9.17) is 14.9 Å². The van der Waals surface area contributed by atoms with E-state index in [1.54, 1.807) is 13.2 Å². The average molecular weight is 500 g/mol. The summed E-state index contributed by atoms with van der Waals surface area (Å²) in [5, 5.41) is 15.6. The van der Waals surface area contributed by atoms with Gasteiger partial charge in [0, 0.05) is 17.1 Å². The van der Waals surface area contributed by atoms with Gasteiger partial charge in [0.25, 0.3) is 5.91 Å². The van der Waals surface area contributed by atoms with Crippen LogP contribution in [0.15, 0.2) is 70.3 Å². The molecule has 0 atom stereocenters. The molecule has 2 aromatic carbocycles. The minimum Gasteiger partial charge on any atom is -0.497 e. The first kappa shape index (κ1) is 23.6. The molecule has 0 fully saturated rings. The molecule has 0 bridgehead atoms. The lowest BCUT2D eigenvalue weighted by molar-refractivity contribution is -0.114. The molecular weight excluding hydrogens is 474 g/mol. The minimum atomic E-state index is -0.455. The van der Waals surface area contributed by atoms with Gasteiger partial charge in [0.2, 0.25) is 5.17 Å². The minimum absolute atomic E-state index is 0.00249. The maximum atomic E-state index is 12.9. The van der Waals surface area contributed by atoms with Crippen LogP contribution < -0.4 is 9.47 Å². The van der Waals surface area contributed by atoms with Gasteiger partial charge in [-0.2, -0.15) is 15.1 Å². The number of nitrogens with zero attached hydrogens (tertiary/aromatic N) is 4. The predicted molar refractivity (Wildman–Crippen MR) is 143 cm³/mol. The van der Waals surface area contributed by atoms with Gasteiger partial charge in [-0.1, -0.05) is 12.1 Å². The fourth-order valence-corrected chi connectivity index (χ4v) is 4.96. The van der Waals surface area contributed by atoms with Gasteiger partial charge in [-0.05, 0) is 92.2 Å². The Balaban J connectivity index is 1.39. The number of aryl methyl sites for hydroxylation is 2. The van der Waals surface area contributed by atoms with E-state index in [-0.39, 0.29) is 18.0 Å². The molecule has 0 radical (unpaired) electrons. The van der Waals surface area contributed by atoms with Crippen LogP contribution in [0.5, 0.6) is 11.5 Å². The third-order valence-electron chi connectivity index (χ3n) is 5.95. The highest BCUT2D eigenvalue weighted by molar-refractivity contribution is 8.27. The second kappa shape index (κ2) is 9.50. The van der Waals surface area contributed by atoms with Gasteiger partial charge < -0.3 is 14.0 Å². The Morgan fingerprint density at radius 2 is 1.83 bits per heavy atom. The van der Waals surface area contributed by atoms with Crippen LogP contribution in [-0.2, 0) is 4.79 Å². The molecule has 0 saturated carbocycles. The molecule has 3 aromatic rings. The van der Waals surface area contributed by atoms with Crippen LogP contribution in [0.25, 0.3) is 11.8 Å². The lowest BCUT2D eigenvalue weighted by atomic mass is 10.1. The Bertz CT molecular complexity index is 1470. The van der Waals surface area contributed by atoms with E-state index < -0.39 is 5.91 Å². The quantitative estimate of drug-likeness (QED) is 0.476. The van der Waals surface area contributed by atoms with Gasteiger partial charge in [-0.3, -0.25) is 10.2 Å². The molecular formula is C27H25N5O3S. The summed E-state index contributed by atoms with van der Waals surface area (Å²) in [6, 6.07) is 17.5. The van der Waals surface area contributed by atoms with Crippen LogP contribution >= 0.6 is 11.8 Å². The number of rotatable bonds is 6. The summed E-state index contributed by atoms with van der Waals surface area (Å²) in [6.45, 7) is 6.22. The Morgan fingerprint density at radius 1 is 1.06 bits per heavy atom. The standard InChI is InChI=1S/C27H25N5O3S/c1-16-6-5-7-22(12-16)35-15-24-30-32-25(28)23(26(33)29-27(32)36-24)14-19-13-17(2)31(18(19)3)20-8-10-21(34-4)11-9-20/h5-14,28H,15H2,1-4H3. The number of carbonyl (C=O) groups excluding carboxylic acids is 1. The highest BCUT2D eigenvalue weighted by Crippen LogP contribution is 2.30. The van der Waals surface area contributed by atoms with Crippen LogP contribution in [0.4, 0.5) is 0 Å². The number of amidine groups is 2. The summed E-state index contributed by atoms with van der Waals surface area (Å²) >= 11 is 1.24. The number of hydrazone groups is 1. The molecule has 0 aliphatic carbocycles. The predicted octanol–water partition coefficient (Wildman–Crippen LogP) is 5.11. The SMILES string of the molecule is COc1ccc(-n2c(C)cc(C=C3C(=N)N4N=C(COc5cccc(C)c5)SC4=NC3=O)c2C)cc1. The van der Waals surface area contributed by atoms with Crippen molar-refractivity contribution in [3.05, 3.63) is 82.7 Å². The maximum absolute atomic E-state index is 12.9. The van der Waals surface area contributed by atoms with Crippen LogP contribution in [-0.4, -0.2) is 45.2 Å². The first-order chi connectivity index (χ1) is 17.3. The van der Waals surface area contributed by atoms with Gasteiger partial charge in [-0.25, -0.2) is 0 Å². The monoisotopic (exact) mass is 499 g/mol. The maximum Gasteiger partial charge on any atom is 0.283 e. The van der Waals surface area contributed by atoms with Gasteiger partial charge >= 0.3 is 0 Å². The fourth-order valence-electron chi connectivity index (χ4n) is 4.16. The third-order valence-corrected chi connectivity index (χ3v) is 6.83. The van der Waals surface area contributed by atoms with E-state index in [0.717, 1.165) is 39.7 Å². The molecule has 0 spiro atoms. The highest BCUT2D eigenvalue weighted by Gasteiger charge is 2.36. The molecule has 1 aromatic heterocycles. The number of hydrogen-bond donors (Lipinski definition) is 1. The number of benzene rings is 2. The molecule has 2 aliphatic rings. The number of carbonyl (C=O) groups is 1. The van der Waals surface area contributed by atoms with E-state index >= 15 is 0 Å². The summed E-state index contributed by atoms with van der Waals surface area (Å²) in [5.41, 5.74) is 5.08. The van der Waals surface area contributed by atoms with Crippen molar-refractivity contribution in [2.45, 2.75) is 20.8 Å². The smallest absolute Gasteiger partial charge is 0.283 e. The third kappa shape index (κ3) is 4.45. The second-order valence-electron chi connectivity index (χ2n) is 8.48. The molecule has 1 amide bonds. The molecule has 8 nitrogen and oxygen atoms in total. The Labute approximate surface area is 213 Å². The van der Waals surface area contributed by atoms with Crippen molar-refractivity contribution in [3.8, 4) is 17.2 Å². The number of aromatic nitrogens is 1. The zero-order valence-electron chi connectivity index (χ0n) is 20.4. The number of fused-ring (bicyclic) bond motifs is 1. The van der Waals surface area contributed by atoms with Crippen molar-refractivity contribution in [1.82, 2.24) is 9.58 Å². The van der Waals surface area contributed by atoms with Crippen LogP contribution in [0, 0.1) is 26.2 Å². The zero-order chi connectivity index (χ0) is 25.4. The van der Waals surface area contributed by atoms with E-state index in [1.165, 1.54) is 16.8 Å². The number of ether oxygens (including phenoxy) is 2. The van der Waals surface area contributed by atoms with E-state index in [0.29, 0.717) is 10.2 Å². The molecule has 182 valence electrons. The fraction of sp³-hybridized carbons (Fsp3) is 0.185. The van der Waals surface area contributed by atoms with Crippen LogP contribution in [0.3, 0.4) is 0 Å². The number of methoxy groups -OCH3 is 1. The van der Waals surface area contributed by atoms with E-state index in [1.807, 2.05) is 75.4 Å². The van der Waals surface area contributed by atoms with Crippen molar-refractivity contribution >= 4 is 39.8 Å². The van der Waals surface area contributed by atoms with Gasteiger partial charge in [-0.15, -0.1) is 0 Å². The molecule has 2 aliphatic heterocycles. The topological polar surface area (TPSA) is 92.3 Å². The number of amides is 1. The zero-order valence-corrected chi connectivity index (χ0v) is 21.2. The molecule has 3 heterocycles. The van der Waals surface area contributed by atoms with Gasteiger partial charge in [0.05, 0.1) is 12.7 Å².